The van der Waals surface area contributed by atoms with Gasteiger partial charge in [-0.2, -0.15) is 0 Å². The third-order valence-electron chi connectivity index (χ3n) is 4.09. The zero-order valence-corrected chi connectivity index (χ0v) is 11.7. The van der Waals surface area contributed by atoms with E-state index < -0.39 is 0 Å². The molecule has 102 valence electrons. The van der Waals surface area contributed by atoms with Crippen molar-refractivity contribution < 1.29 is 4.79 Å². The first kappa shape index (κ1) is 13.6. The van der Waals surface area contributed by atoms with Crippen LogP contribution in [0, 0.1) is 11.8 Å². The van der Waals surface area contributed by atoms with Gasteiger partial charge in [0.1, 0.15) is 0 Å². The average Bonchev–Trinajstić information content (AvgIpc) is 3.05. The van der Waals surface area contributed by atoms with Crippen LogP contribution in [0.15, 0.2) is 11.6 Å². The van der Waals surface area contributed by atoms with Crippen LogP contribution in [0.4, 0.5) is 0 Å². The molecule has 1 saturated carbocycles. The van der Waals surface area contributed by atoms with Gasteiger partial charge in [0.2, 0.25) is 5.91 Å². The van der Waals surface area contributed by atoms with Crippen molar-refractivity contribution in [3.05, 3.63) is 11.6 Å². The molecule has 0 bridgehead atoms. The van der Waals surface area contributed by atoms with Gasteiger partial charge < -0.3 is 5.32 Å². The Morgan fingerprint density at radius 1 is 1.33 bits per heavy atom. The van der Waals surface area contributed by atoms with Crippen molar-refractivity contribution in [2.75, 3.05) is 26.2 Å². The average molecular weight is 250 g/mol. The standard InChI is InChI=1S/C15H26N2O/c1-3-12(2)10-17-7-6-14(11-17)9-16-15(18)8-13-4-5-13/h3,13-14H,4-11H2,1-2H3,(H,16,18)/b12-3+. The van der Waals surface area contributed by atoms with Gasteiger partial charge in [0.25, 0.3) is 0 Å². The lowest BCUT2D eigenvalue weighted by atomic mass is 10.1. The van der Waals surface area contributed by atoms with Crippen molar-refractivity contribution in [2.45, 2.75) is 39.5 Å². The topological polar surface area (TPSA) is 32.3 Å². The molecule has 1 unspecified atom stereocenters. The van der Waals surface area contributed by atoms with Gasteiger partial charge in [-0.15, -0.1) is 0 Å². The number of carbonyl (C=O) groups excluding carboxylic acids is 1. The monoisotopic (exact) mass is 250 g/mol. The van der Waals surface area contributed by atoms with Gasteiger partial charge in [0.05, 0.1) is 0 Å². The van der Waals surface area contributed by atoms with E-state index >= 15 is 0 Å². The minimum Gasteiger partial charge on any atom is -0.356 e. The zero-order chi connectivity index (χ0) is 13.0. The summed E-state index contributed by atoms with van der Waals surface area (Å²) in [6.45, 7) is 8.55. The van der Waals surface area contributed by atoms with E-state index in [-0.39, 0.29) is 5.91 Å². The van der Waals surface area contributed by atoms with E-state index in [0.29, 0.717) is 11.8 Å². The first-order valence-electron chi connectivity index (χ1n) is 7.28. The van der Waals surface area contributed by atoms with Gasteiger partial charge in [0.15, 0.2) is 0 Å². The molecular weight excluding hydrogens is 224 g/mol. The third-order valence-corrected chi connectivity index (χ3v) is 4.09. The normalized spacial score (nSPS) is 25.4. The van der Waals surface area contributed by atoms with E-state index in [1.54, 1.807) is 0 Å². The Hall–Kier alpha value is -0.830. The number of nitrogens with zero attached hydrogens (tertiary/aromatic N) is 1. The number of rotatable bonds is 6. The second-order valence-corrected chi connectivity index (χ2v) is 5.98. The van der Waals surface area contributed by atoms with Crippen LogP contribution in [0.2, 0.25) is 0 Å². The highest BCUT2D eigenvalue weighted by atomic mass is 16.1. The van der Waals surface area contributed by atoms with Crippen molar-refractivity contribution in [1.29, 1.82) is 0 Å². The second-order valence-electron chi connectivity index (χ2n) is 5.98. The molecule has 0 aromatic carbocycles. The molecule has 2 aliphatic rings. The fourth-order valence-corrected chi connectivity index (χ4v) is 2.58. The van der Waals surface area contributed by atoms with Crippen LogP contribution in [-0.2, 0) is 4.79 Å². The summed E-state index contributed by atoms with van der Waals surface area (Å²) in [5.74, 6) is 1.61. The van der Waals surface area contributed by atoms with Gasteiger partial charge in [0, 0.05) is 26.1 Å². The number of nitrogens with one attached hydrogen (secondary N) is 1. The highest BCUT2D eigenvalue weighted by Crippen LogP contribution is 2.32. The van der Waals surface area contributed by atoms with Crippen molar-refractivity contribution in [3.8, 4) is 0 Å². The summed E-state index contributed by atoms with van der Waals surface area (Å²) >= 11 is 0. The molecule has 0 spiro atoms. The van der Waals surface area contributed by atoms with Gasteiger partial charge in [-0.25, -0.2) is 0 Å². The molecule has 3 nitrogen and oxygen atoms in total. The highest BCUT2D eigenvalue weighted by molar-refractivity contribution is 5.76. The van der Waals surface area contributed by atoms with Gasteiger partial charge in [-0.05, 0) is 51.5 Å². The second kappa shape index (κ2) is 6.37. The molecule has 0 aromatic rings. The Morgan fingerprint density at radius 2 is 2.11 bits per heavy atom. The molecular formula is C15H26N2O. The highest BCUT2D eigenvalue weighted by Gasteiger charge is 2.26. The summed E-state index contributed by atoms with van der Waals surface area (Å²) in [6, 6.07) is 0. The van der Waals surface area contributed by atoms with E-state index in [2.05, 4.69) is 30.1 Å². The summed E-state index contributed by atoms with van der Waals surface area (Å²) in [5, 5.41) is 3.10. The van der Waals surface area contributed by atoms with Crippen molar-refractivity contribution in [1.82, 2.24) is 10.2 Å². The molecule has 1 aliphatic carbocycles. The predicted molar refractivity (Wildman–Crippen MR) is 74.3 cm³/mol. The van der Waals surface area contributed by atoms with Crippen LogP contribution in [0.1, 0.15) is 39.5 Å². The lowest BCUT2D eigenvalue weighted by Crippen LogP contribution is -2.31. The van der Waals surface area contributed by atoms with Crippen LogP contribution in [-0.4, -0.2) is 37.0 Å². The Bertz CT molecular complexity index is 320. The summed E-state index contributed by atoms with van der Waals surface area (Å²) in [5.41, 5.74) is 1.44. The molecule has 18 heavy (non-hydrogen) atoms. The molecule has 1 heterocycles. The van der Waals surface area contributed by atoms with Crippen LogP contribution in [0.3, 0.4) is 0 Å². The van der Waals surface area contributed by atoms with Crippen LogP contribution in [0.5, 0.6) is 0 Å². The van der Waals surface area contributed by atoms with Gasteiger partial charge >= 0.3 is 0 Å². The number of allylic oxidation sites excluding steroid dienone is 1. The Labute approximate surface area is 111 Å². The van der Waals surface area contributed by atoms with E-state index in [0.717, 1.165) is 26.1 Å². The molecule has 1 N–H and O–H groups in total. The van der Waals surface area contributed by atoms with Crippen LogP contribution in [0.25, 0.3) is 0 Å². The maximum atomic E-state index is 11.6. The predicted octanol–water partition coefficient (Wildman–Crippen LogP) is 2.19. The fraction of sp³-hybridized carbons (Fsp3) is 0.800. The molecule has 0 aromatic heterocycles. The molecule has 0 radical (unpaired) electrons. The Morgan fingerprint density at radius 3 is 2.78 bits per heavy atom. The third kappa shape index (κ3) is 4.45. The molecule has 2 rings (SSSR count). The van der Waals surface area contributed by atoms with Crippen molar-refractivity contribution >= 4 is 5.91 Å². The summed E-state index contributed by atoms with van der Waals surface area (Å²) < 4.78 is 0. The molecule has 1 aliphatic heterocycles. The van der Waals surface area contributed by atoms with Crippen LogP contribution >= 0.6 is 0 Å². The summed E-state index contributed by atoms with van der Waals surface area (Å²) in [7, 11) is 0. The minimum atomic E-state index is 0.264. The zero-order valence-electron chi connectivity index (χ0n) is 11.7. The van der Waals surface area contributed by atoms with E-state index in [9.17, 15) is 4.79 Å². The number of hydrogen-bond acceptors (Lipinski definition) is 2. The summed E-state index contributed by atoms with van der Waals surface area (Å²) in [6.07, 6.45) is 6.68. The van der Waals surface area contributed by atoms with Gasteiger partial charge in [-0.1, -0.05) is 11.6 Å². The maximum absolute atomic E-state index is 11.6. The van der Waals surface area contributed by atoms with Crippen LogP contribution < -0.4 is 5.32 Å². The molecule has 1 amide bonds. The Balaban J connectivity index is 1.61. The lowest BCUT2D eigenvalue weighted by Gasteiger charge is -2.16. The Kier molecular flexibility index (Phi) is 4.81. The smallest absolute Gasteiger partial charge is 0.220 e. The minimum absolute atomic E-state index is 0.264. The fourth-order valence-electron chi connectivity index (χ4n) is 2.58. The molecule has 2 fully saturated rings. The largest absolute Gasteiger partial charge is 0.356 e. The number of carbonyl (C=O) groups is 1. The maximum Gasteiger partial charge on any atom is 0.220 e. The summed E-state index contributed by atoms with van der Waals surface area (Å²) in [4.78, 5) is 14.1. The number of likely N-dealkylation sites (tertiary alicyclic amines) is 1. The number of amides is 1. The van der Waals surface area contributed by atoms with E-state index in [4.69, 9.17) is 0 Å². The van der Waals surface area contributed by atoms with Gasteiger partial charge in [-0.3, -0.25) is 9.69 Å². The molecule has 1 atom stereocenters. The quantitative estimate of drug-likeness (QED) is 0.733. The van der Waals surface area contributed by atoms with E-state index in [1.807, 2.05) is 0 Å². The first-order chi connectivity index (χ1) is 8.67. The van der Waals surface area contributed by atoms with E-state index in [1.165, 1.54) is 31.4 Å². The molecule has 3 heteroatoms. The van der Waals surface area contributed by atoms with Crippen molar-refractivity contribution in [2.24, 2.45) is 11.8 Å². The molecule has 1 saturated heterocycles. The van der Waals surface area contributed by atoms with Crippen molar-refractivity contribution in [3.63, 3.8) is 0 Å². The number of hydrogen-bond donors (Lipinski definition) is 1. The SMILES string of the molecule is C/C=C(\C)CN1CCC(CNC(=O)CC2CC2)C1. The lowest BCUT2D eigenvalue weighted by molar-refractivity contribution is -0.121. The first-order valence-corrected chi connectivity index (χ1v) is 7.28.